The molecule has 1 saturated carbocycles. The normalized spacial score (nSPS) is 19.4. The zero-order chi connectivity index (χ0) is 19.8. The van der Waals surface area contributed by atoms with Crippen LogP contribution in [0.4, 0.5) is 0 Å². The zero-order valence-corrected chi connectivity index (χ0v) is 17.2. The summed E-state index contributed by atoms with van der Waals surface area (Å²) in [5.41, 5.74) is 2.43. The predicted octanol–water partition coefficient (Wildman–Crippen LogP) is 6.31. The van der Waals surface area contributed by atoms with Crippen LogP contribution >= 0.6 is 0 Å². The molecule has 0 saturated heterocycles. The minimum absolute atomic E-state index is 0.277. The minimum Gasteiger partial charge on any atom is -0.423 e. The van der Waals surface area contributed by atoms with Crippen LogP contribution in [-0.2, 0) is 4.79 Å². The highest BCUT2D eigenvalue weighted by molar-refractivity contribution is 5.71. The number of nitrogens with zero attached hydrogens (tertiary/aromatic N) is 2. The van der Waals surface area contributed by atoms with Crippen molar-refractivity contribution in [2.75, 3.05) is 0 Å². The summed E-state index contributed by atoms with van der Waals surface area (Å²) < 4.78 is 5.13. The Morgan fingerprint density at radius 3 is 2.29 bits per heavy atom. The number of unbranched alkanes of at least 4 members (excludes halogenated alkanes) is 2. The fourth-order valence-corrected chi connectivity index (χ4v) is 4.09. The quantitative estimate of drug-likeness (QED) is 0.397. The molecule has 1 fully saturated rings. The van der Waals surface area contributed by atoms with E-state index in [2.05, 4.69) is 41.2 Å². The molecule has 0 bridgehead atoms. The first-order valence-electron chi connectivity index (χ1n) is 10.8. The van der Waals surface area contributed by atoms with Gasteiger partial charge < -0.3 is 4.74 Å². The van der Waals surface area contributed by atoms with Crippen molar-refractivity contribution in [1.82, 2.24) is 9.97 Å². The molecule has 0 unspecified atom stereocenters. The molecule has 4 nitrogen and oxygen atoms in total. The van der Waals surface area contributed by atoms with Gasteiger partial charge in [-0.1, -0.05) is 63.8 Å². The highest BCUT2D eigenvalue weighted by Gasteiger charge is 2.22. The van der Waals surface area contributed by atoms with E-state index in [0.717, 1.165) is 11.5 Å². The summed E-state index contributed by atoms with van der Waals surface area (Å²) in [6.45, 7) is 4.04. The molecular formula is C24H32N2O2. The lowest BCUT2D eigenvalue weighted by Crippen LogP contribution is -2.13. The lowest BCUT2D eigenvalue weighted by molar-refractivity contribution is -0.134. The van der Waals surface area contributed by atoms with Gasteiger partial charge in [0.25, 0.3) is 0 Å². The SMILES string of the molecule is CCCCC[C@H]1CC[C@H](c2ccc(-c3ncc(OC(=O)CC)cn3)cc2)CC1. The maximum Gasteiger partial charge on any atom is 0.311 e. The van der Waals surface area contributed by atoms with Crippen molar-refractivity contribution in [2.45, 2.75) is 77.6 Å². The molecule has 0 aliphatic heterocycles. The lowest BCUT2D eigenvalue weighted by atomic mass is 9.77. The van der Waals surface area contributed by atoms with E-state index in [-0.39, 0.29) is 5.97 Å². The van der Waals surface area contributed by atoms with Crippen molar-refractivity contribution < 1.29 is 9.53 Å². The third kappa shape index (κ3) is 5.63. The first-order chi connectivity index (χ1) is 13.7. The van der Waals surface area contributed by atoms with E-state index in [9.17, 15) is 4.79 Å². The number of esters is 1. The van der Waals surface area contributed by atoms with Gasteiger partial charge >= 0.3 is 5.97 Å². The van der Waals surface area contributed by atoms with Gasteiger partial charge in [0.05, 0.1) is 12.4 Å². The largest absolute Gasteiger partial charge is 0.423 e. The van der Waals surface area contributed by atoms with Crippen molar-refractivity contribution in [3.8, 4) is 17.1 Å². The number of benzene rings is 1. The second-order valence-electron chi connectivity index (χ2n) is 7.91. The Hall–Kier alpha value is -2.23. The molecule has 0 N–H and O–H groups in total. The van der Waals surface area contributed by atoms with Gasteiger partial charge in [-0.3, -0.25) is 4.79 Å². The summed E-state index contributed by atoms with van der Waals surface area (Å²) >= 11 is 0. The number of ether oxygens (including phenoxy) is 1. The topological polar surface area (TPSA) is 52.1 Å². The van der Waals surface area contributed by atoms with E-state index < -0.39 is 0 Å². The molecule has 0 spiro atoms. The molecule has 1 aliphatic carbocycles. The van der Waals surface area contributed by atoms with E-state index in [0.29, 0.717) is 23.9 Å². The summed E-state index contributed by atoms with van der Waals surface area (Å²) in [4.78, 5) is 20.0. The molecule has 0 amide bonds. The van der Waals surface area contributed by atoms with E-state index >= 15 is 0 Å². The van der Waals surface area contributed by atoms with E-state index in [4.69, 9.17) is 4.74 Å². The highest BCUT2D eigenvalue weighted by atomic mass is 16.5. The number of aromatic nitrogens is 2. The Morgan fingerprint density at radius 2 is 1.68 bits per heavy atom. The molecule has 1 aromatic carbocycles. The molecule has 28 heavy (non-hydrogen) atoms. The Kier molecular flexibility index (Phi) is 7.58. The average molecular weight is 381 g/mol. The van der Waals surface area contributed by atoms with Gasteiger partial charge in [-0.2, -0.15) is 0 Å². The predicted molar refractivity (Wildman–Crippen MR) is 112 cm³/mol. The van der Waals surface area contributed by atoms with Gasteiger partial charge in [-0.15, -0.1) is 0 Å². The summed E-state index contributed by atoms with van der Waals surface area (Å²) in [6, 6.07) is 8.67. The summed E-state index contributed by atoms with van der Waals surface area (Å²) in [5.74, 6) is 2.40. The number of rotatable bonds is 8. The van der Waals surface area contributed by atoms with Crippen LogP contribution in [0, 0.1) is 5.92 Å². The van der Waals surface area contributed by atoms with Crippen molar-refractivity contribution in [1.29, 1.82) is 0 Å². The second-order valence-corrected chi connectivity index (χ2v) is 7.91. The lowest BCUT2D eigenvalue weighted by Gasteiger charge is -2.29. The monoisotopic (exact) mass is 380 g/mol. The number of hydrogen-bond acceptors (Lipinski definition) is 4. The summed E-state index contributed by atoms with van der Waals surface area (Å²) in [6.07, 6.45) is 14.3. The van der Waals surface area contributed by atoms with Crippen LogP contribution < -0.4 is 4.74 Å². The molecule has 4 heteroatoms. The number of carbonyl (C=O) groups is 1. The van der Waals surface area contributed by atoms with Crippen LogP contribution in [0.5, 0.6) is 5.75 Å². The Labute approximate surface area is 168 Å². The van der Waals surface area contributed by atoms with Gasteiger partial charge in [0, 0.05) is 12.0 Å². The Morgan fingerprint density at radius 1 is 1.00 bits per heavy atom. The van der Waals surface area contributed by atoms with Crippen LogP contribution in [-0.4, -0.2) is 15.9 Å². The smallest absolute Gasteiger partial charge is 0.311 e. The van der Waals surface area contributed by atoms with Gasteiger partial charge in [0.1, 0.15) is 0 Å². The van der Waals surface area contributed by atoms with E-state index in [1.807, 2.05) is 0 Å². The molecule has 150 valence electrons. The third-order valence-electron chi connectivity index (χ3n) is 5.85. The molecule has 0 radical (unpaired) electrons. The molecule has 2 aromatic rings. The van der Waals surface area contributed by atoms with Crippen molar-refractivity contribution >= 4 is 5.97 Å². The summed E-state index contributed by atoms with van der Waals surface area (Å²) in [5, 5.41) is 0. The van der Waals surface area contributed by atoms with Crippen molar-refractivity contribution in [3.05, 3.63) is 42.2 Å². The second kappa shape index (κ2) is 10.4. The van der Waals surface area contributed by atoms with Gasteiger partial charge in [-0.25, -0.2) is 9.97 Å². The average Bonchev–Trinajstić information content (AvgIpc) is 2.75. The fraction of sp³-hybridized carbons (Fsp3) is 0.542. The zero-order valence-electron chi connectivity index (χ0n) is 17.2. The maximum absolute atomic E-state index is 11.3. The first-order valence-corrected chi connectivity index (χ1v) is 10.8. The molecule has 0 atom stereocenters. The standard InChI is InChI=1S/C24H32N2O2/c1-3-5-6-7-18-8-10-19(11-9-18)20-12-14-21(15-13-20)24-25-16-22(17-26-24)28-23(27)4-2/h12-19H,3-11H2,1-2H3/t18-,19-. The van der Waals surface area contributed by atoms with Crippen molar-refractivity contribution in [2.24, 2.45) is 5.92 Å². The van der Waals surface area contributed by atoms with Gasteiger partial charge in [0.2, 0.25) is 0 Å². The number of carbonyl (C=O) groups excluding carboxylic acids is 1. The molecule has 1 aliphatic rings. The first kappa shape index (κ1) is 20.5. The molecule has 3 rings (SSSR count). The Balaban J connectivity index is 1.54. The summed E-state index contributed by atoms with van der Waals surface area (Å²) in [7, 11) is 0. The van der Waals surface area contributed by atoms with Crippen molar-refractivity contribution in [3.63, 3.8) is 0 Å². The van der Waals surface area contributed by atoms with Crippen LogP contribution in [0.1, 0.15) is 83.1 Å². The van der Waals surface area contributed by atoms with Crippen LogP contribution in [0.3, 0.4) is 0 Å². The van der Waals surface area contributed by atoms with Gasteiger partial charge in [-0.05, 0) is 43.1 Å². The van der Waals surface area contributed by atoms with Crippen LogP contribution in [0.2, 0.25) is 0 Å². The minimum atomic E-state index is -0.277. The number of hydrogen-bond donors (Lipinski definition) is 0. The van der Waals surface area contributed by atoms with Crippen LogP contribution in [0.25, 0.3) is 11.4 Å². The fourth-order valence-electron chi connectivity index (χ4n) is 4.09. The van der Waals surface area contributed by atoms with E-state index in [1.54, 1.807) is 19.3 Å². The van der Waals surface area contributed by atoms with Crippen LogP contribution in [0.15, 0.2) is 36.7 Å². The third-order valence-corrected chi connectivity index (χ3v) is 5.85. The molecule has 1 heterocycles. The Bertz CT molecular complexity index is 732. The maximum atomic E-state index is 11.3. The highest BCUT2D eigenvalue weighted by Crippen LogP contribution is 2.38. The van der Waals surface area contributed by atoms with E-state index in [1.165, 1.54) is 56.9 Å². The molecule has 1 aromatic heterocycles. The molecular weight excluding hydrogens is 348 g/mol. The van der Waals surface area contributed by atoms with Gasteiger partial charge in [0.15, 0.2) is 11.6 Å².